The van der Waals surface area contributed by atoms with E-state index in [9.17, 15) is 24.6 Å². The molecule has 0 heterocycles. The van der Waals surface area contributed by atoms with Gasteiger partial charge in [-0.15, -0.1) is 0 Å². The number of carboxylic acids is 2. The first kappa shape index (κ1) is 20.5. The first-order valence-electron chi connectivity index (χ1n) is 3.64. The van der Waals surface area contributed by atoms with Crippen LogP contribution in [0.4, 0.5) is 0 Å². The smallest absolute Gasteiger partial charge is 0.550 e. The zero-order valence-electron chi connectivity index (χ0n) is 8.86. The molecule has 0 unspecified atom stereocenters. The second kappa shape index (κ2) is 12.2. The van der Waals surface area contributed by atoms with Crippen LogP contribution in [-0.4, -0.2) is 62.8 Å². The maximum absolute atomic E-state index is 9.84. The summed E-state index contributed by atoms with van der Waals surface area (Å²) in [5, 5.41) is 19.4. The third kappa shape index (κ3) is 15.6. The molecule has 0 radical (unpaired) electrons. The molecule has 0 rings (SSSR count). The molecule has 0 aromatic rings. The Balaban J connectivity index is -0.000000214. The first-order chi connectivity index (χ1) is 6.84. The van der Waals surface area contributed by atoms with Crippen LogP contribution in [0.2, 0.25) is 0 Å². The molecule has 0 saturated heterocycles. The summed E-state index contributed by atoms with van der Waals surface area (Å²) in [6.45, 7) is 6.07. The fourth-order valence-electron chi connectivity index (χ4n) is 0.330. The van der Waals surface area contributed by atoms with Crippen molar-refractivity contribution in [3.63, 3.8) is 0 Å². The van der Waals surface area contributed by atoms with E-state index in [4.69, 9.17) is 0 Å². The molecule has 16 heavy (non-hydrogen) atoms. The Morgan fingerprint density at radius 3 is 1.81 bits per heavy atom. The normalized spacial score (nSPS) is 7.31. The second-order valence-electron chi connectivity index (χ2n) is 2.17. The zero-order chi connectivity index (χ0) is 12.4. The zero-order valence-corrected chi connectivity index (χ0v) is 11.1. The van der Waals surface area contributed by atoms with Crippen LogP contribution >= 0.6 is 0 Å². The minimum Gasteiger partial charge on any atom is -0.550 e. The monoisotopic (exact) mass is 254 g/mol. The van der Waals surface area contributed by atoms with E-state index in [2.05, 4.69) is 17.9 Å². The van der Waals surface area contributed by atoms with Gasteiger partial charge in [0, 0.05) is 18.5 Å². The summed E-state index contributed by atoms with van der Waals surface area (Å²) in [7, 11) is 1.31. The van der Waals surface area contributed by atoms with Gasteiger partial charge in [-0.2, -0.15) is 0 Å². The SMILES string of the molecule is C=C(CC(=O)[O-])C(=O)[O-].C=CC(=O)OC.[Ca+2]. The number of carboxylic acid groups (broad SMARTS) is 2. The van der Waals surface area contributed by atoms with Crippen molar-refractivity contribution in [2.45, 2.75) is 6.42 Å². The number of rotatable bonds is 4. The van der Waals surface area contributed by atoms with E-state index in [1.165, 1.54) is 7.11 Å². The Morgan fingerprint density at radius 1 is 1.31 bits per heavy atom. The number of carbonyl (C=O) groups excluding carboxylic acids is 3. The van der Waals surface area contributed by atoms with Gasteiger partial charge in [0.1, 0.15) is 0 Å². The van der Waals surface area contributed by atoms with E-state index < -0.39 is 29.9 Å². The summed E-state index contributed by atoms with van der Waals surface area (Å²) >= 11 is 0. The maximum atomic E-state index is 9.84. The van der Waals surface area contributed by atoms with Crippen LogP contribution in [0.3, 0.4) is 0 Å². The molecule has 0 aromatic carbocycles. The van der Waals surface area contributed by atoms with Gasteiger partial charge >= 0.3 is 43.7 Å². The quantitative estimate of drug-likeness (QED) is 0.309. The molecule has 0 aliphatic carbocycles. The minimum absolute atomic E-state index is 0. The van der Waals surface area contributed by atoms with Crippen molar-refractivity contribution in [1.29, 1.82) is 0 Å². The summed E-state index contributed by atoms with van der Waals surface area (Å²) in [6.07, 6.45) is 0.433. The van der Waals surface area contributed by atoms with E-state index in [-0.39, 0.29) is 37.7 Å². The summed E-state index contributed by atoms with van der Waals surface area (Å²) < 4.78 is 4.14. The van der Waals surface area contributed by atoms with Gasteiger partial charge in [0.2, 0.25) is 0 Å². The van der Waals surface area contributed by atoms with Gasteiger partial charge in [-0.3, -0.25) is 0 Å². The average Bonchev–Trinajstić information content (AvgIpc) is 2.16. The number of hydrogen-bond acceptors (Lipinski definition) is 6. The molecule has 0 bridgehead atoms. The van der Waals surface area contributed by atoms with Gasteiger partial charge in [0.15, 0.2) is 0 Å². The summed E-state index contributed by atoms with van der Waals surface area (Å²) in [6, 6.07) is 0. The van der Waals surface area contributed by atoms with E-state index >= 15 is 0 Å². The third-order valence-electron chi connectivity index (χ3n) is 1.01. The molecule has 0 N–H and O–H groups in total. The van der Waals surface area contributed by atoms with Gasteiger partial charge in [0.05, 0.1) is 13.1 Å². The topological polar surface area (TPSA) is 107 Å². The van der Waals surface area contributed by atoms with Gasteiger partial charge in [-0.1, -0.05) is 13.2 Å². The van der Waals surface area contributed by atoms with Gasteiger partial charge in [-0.05, 0) is 5.57 Å². The van der Waals surface area contributed by atoms with Gasteiger partial charge < -0.3 is 24.5 Å². The molecule has 0 atom stereocenters. The number of methoxy groups -OCH3 is 1. The van der Waals surface area contributed by atoms with Crippen LogP contribution < -0.4 is 10.2 Å². The van der Waals surface area contributed by atoms with Gasteiger partial charge in [0.25, 0.3) is 0 Å². The standard InChI is InChI=1S/C5H6O4.C4H6O2.Ca/c1-3(5(8)9)2-4(6)7;1-3-4(5)6-2;/h1-2H2,(H,6,7)(H,8,9);3H,1H2,2H3;/q;;+2/p-2. The molecule has 0 aliphatic heterocycles. The second-order valence-corrected chi connectivity index (χ2v) is 2.17. The molecule has 0 spiro atoms. The molecule has 0 aromatic heterocycles. The largest absolute Gasteiger partial charge is 2.00 e. The molecule has 0 saturated carbocycles. The summed E-state index contributed by atoms with van der Waals surface area (Å²) in [4.78, 5) is 29.2. The van der Waals surface area contributed by atoms with Crippen molar-refractivity contribution < 1.29 is 29.3 Å². The maximum Gasteiger partial charge on any atom is 2.00 e. The van der Waals surface area contributed by atoms with Crippen molar-refractivity contribution in [1.82, 2.24) is 0 Å². The van der Waals surface area contributed by atoms with E-state index in [0.29, 0.717) is 0 Å². The van der Waals surface area contributed by atoms with Crippen LogP contribution in [0.25, 0.3) is 0 Å². The number of ether oxygens (including phenoxy) is 1. The van der Waals surface area contributed by atoms with Gasteiger partial charge in [-0.25, -0.2) is 4.79 Å². The summed E-state index contributed by atoms with van der Waals surface area (Å²) in [5.74, 6) is -3.42. The number of esters is 1. The molecule has 0 fully saturated rings. The molecular weight excluding hydrogens is 244 g/mol. The van der Waals surface area contributed by atoms with Crippen LogP contribution in [0.15, 0.2) is 24.8 Å². The summed E-state index contributed by atoms with van der Waals surface area (Å²) in [5.41, 5.74) is -0.477. The Hall–Kier alpha value is -0.850. The van der Waals surface area contributed by atoms with Crippen LogP contribution in [0.5, 0.6) is 0 Å². The van der Waals surface area contributed by atoms with E-state index in [0.717, 1.165) is 6.08 Å². The fourth-order valence-corrected chi connectivity index (χ4v) is 0.330. The molecule has 84 valence electrons. The van der Waals surface area contributed by atoms with Crippen molar-refractivity contribution in [2.75, 3.05) is 7.11 Å². The minimum atomic E-state index is -1.56. The Morgan fingerprint density at radius 2 is 1.75 bits per heavy atom. The number of aliphatic carboxylic acids is 2. The Kier molecular flexibility index (Phi) is 15.7. The Labute approximate surface area is 123 Å². The van der Waals surface area contributed by atoms with E-state index in [1.807, 2.05) is 0 Å². The molecule has 7 heteroatoms. The van der Waals surface area contributed by atoms with Crippen molar-refractivity contribution in [3.8, 4) is 0 Å². The predicted octanol–water partition coefficient (Wildman–Crippen LogP) is -2.60. The average molecular weight is 254 g/mol. The van der Waals surface area contributed by atoms with Crippen LogP contribution in [0.1, 0.15) is 6.42 Å². The third-order valence-corrected chi connectivity index (χ3v) is 1.01. The predicted molar refractivity (Wildman–Crippen MR) is 51.7 cm³/mol. The Bertz CT molecular complexity index is 284. The first-order valence-corrected chi connectivity index (χ1v) is 3.64. The van der Waals surface area contributed by atoms with Crippen LogP contribution in [-0.2, 0) is 19.1 Å². The molecule has 6 nitrogen and oxygen atoms in total. The molecule has 0 aliphatic rings. The van der Waals surface area contributed by atoms with Crippen LogP contribution in [0, 0.1) is 0 Å². The number of hydrogen-bond donors (Lipinski definition) is 0. The van der Waals surface area contributed by atoms with Crippen molar-refractivity contribution in [2.24, 2.45) is 0 Å². The van der Waals surface area contributed by atoms with Crippen molar-refractivity contribution in [3.05, 3.63) is 24.8 Å². The van der Waals surface area contributed by atoms with E-state index in [1.54, 1.807) is 0 Å². The fraction of sp³-hybridized carbons (Fsp3) is 0.222. The number of carbonyl (C=O) groups is 3. The molecular formula is C9H10CaO6. The molecule has 0 amide bonds. The van der Waals surface area contributed by atoms with Crippen molar-refractivity contribution >= 4 is 55.6 Å².